The van der Waals surface area contributed by atoms with Crippen LogP contribution in [-0.4, -0.2) is 29.1 Å². The minimum atomic E-state index is -4.75. The van der Waals surface area contributed by atoms with Gasteiger partial charge in [-0.2, -0.15) is 28.1 Å². The Hall–Kier alpha value is -2.45. The highest BCUT2D eigenvalue weighted by atomic mass is 19.4. The number of anilines is 1. The van der Waals surface area contributed by atoms with Crippen LogP contribution in [0, 0.1) is 5.82 Å². The van der Waals surface area contributed by atoms with Crippen LogP contribution in [0.2, 0.25) is 0 Å². The molecule has 112 valence electrons. The number of nitrogens with one attached hydrogen (secondary N) is 1. The van der Waals surface area contributed by atoms with Gasteiger partial charge in [-0.1, -0.05) is 6.07 Å². The molecule has 21 heavy (non-hydrogen) atoms. The van der Waals surface area contributed by atoms with Gasteiger partial charge in [0, 0.05) is 12.6 Å². The third-order valence-electron chi connectivity index (χ3n) is 2.55. The predicted octanol–water partition coefficient (Wildman–Crippen LogP) is 2.75. The first-order valence-electron chi connectivity index (χ1n) is 5.70. The van der Waals surface area contributed by atoms with Crippen LogP contribution in [0.1, 0.15) is 5.56 Å². The second kappa shape index (κ2) is 5.51. The zero-order chi connectivity index (χ0) is 15.6. The highest BCUT2D eigenvalue weighted by Gasteiger charge is 2.34. The van der Waals surface area contributed by atoms with E-state index in [1.54, 1.807) is 7.05 Å². The van der Waals surface area contributed by atoms with Gasteiger partial charge < -0.3 is 10.1 Å². The van der Waals surface area contributed by atoms with Crippen LogP contribution in [-0.2, 0) is 6.18 Å². The van der Waals surface area contributed by atoms with E-state index in [1.165, 1.54) is 7.11 Å². The molecule has 1 heterocycles. The van der Waals surface area contributed by atoms with Crippen LogP contribution in [0.5, 0.6) is 6.01 Å². The Labute approximate surface area is 117 Å². The van der Waals surface area contributed by atoms with Crippen LogP contribution < -0.4 is 10.1 Å². The number of alkyl halides is 3. The number of methoxy groups -OCH3 is 1. The van der Waals surface area contributed by atoms with Gasteiger partial charge in [-0.05, 0) is 12.1 Å². The van der Waals surface area contributed by atoms with E-state index >= 15 is 0 Å². The molecule has 0 unspecified atom stereocenters. The van der Waals surface area contributed by atoms with E-state index in [0.29, 0.717) is 6.07 Å². The van der Waals surface area contributed by atoms with Crippen molar-refractivity contribution in [3.63, 3.8) is 0 Å². The number of hydrogen-bond donors (Lipinski definition) is 1. The summed E-state index contributed by atoms with van der Waals surface area (Å²) in [4.78, 5) is 11.7. The lowest BCUT2D eigenvalue weighted by Gasteiger charge is -2.10. The van der Waals surface area contributed by atoms with Crippen molar-refractivity contribution < 1.29 is 22.3 Å². The SMILES string of the molecule is CNc1nc(OC)nc(-c2ccc(C(F)(F)F)c(F)c2)n1. The molecule has 0 saturated heterocycles. The third-order valence-corrected chi connectivity index (χ3v) is 2.55. The van der Waals surface area contributed by atoms with E-state index in [2.05, 4.69) is 20.3 Å². The maximum atomic E-state index is 13.6. The molecule has 0 amide bonds. The summed E-state index contributed by atoms with van der Waals surface area (Å²) in [7, 11) is 2.87. The molecule has 0 aliphatic carbocycles. The van der Waals surface area contributed by atoms with Crippen molar-refractivity contribution >= 4 is 5.95 Å². The molecule has 9 heteroatoms. The molecule has 0 aliphatic heterocycles. The van der Waals surface area contributed by atoms with Gasteiger partial charge in [0.15, 0.2) is 5.82 Å². The first kappa shape index (κ1) is 14.9. The number of benzene rings is 1. The van der Waals surface area contributed by atoms with Crippen molar-refractivity contribution in [2.75, 3.05) is 19.5 Å². The molecule has 0 aliphatic rings. The lowest BCUT2D eigenvalue weighted by molar-refractivity contribution is -0.139. The van der Waals surface area contributed by atoms with Crippen molar-refractivity contribution in [2.24, 2.45) is 0 Å². The Balaban J connectivity index is 2.50. The van der Waals surface area contributed by atoms with Crippen molar-refractivity contribution in [1.82, 2.24) is 15.0 Å². The highest BCUT2D eigenvalue weighted by molar-refractivity contribution is 5.57. The minimum Gasteiger partial charge on any atom is -0.467 e. The molecule has 0 spiro atoms. The molecule has 2 aromatic rings. The molecule has 1 aromatic carbocycles. The van der Waals surface area contributed by atoms with E-state index in [9.17, 15) is 17.6 Å². The van der Waals surface area contributed by atoms with Gasteiger partial charge in [-0.15, -0.1) is 0 Å². The molecule has 0 fully saturated rings. The summed E-state index contributed by atoms with van der Waals surface area (Å²) in [5.41, 5.74) is -1.26. The Morgan fingerprint density at radius 1 is 1.14 bits per heavy atom. The number of halogens is 4. The van der Waals surface area contributed by atoms with Crippen LogP contribution in [0.15, 0.2) is 18.2 Å². The molecule has 0 atom stereocenters. The summed E-state index contributed by atoms with van der Waals surface area (Å²) in [6.45, 7) is 0. The monoisotopic (exact) mass is 302 g/mol. The quantitative estimate of drug-likeness (QED) is 0.883. The number of ether oxygens (including phenoxy) is 1. The predicted molar refractivity (Wildman–Crippen MR) is 66.3 cm³/mol. The van der Waals surface area contributed by atoms with Gasteiger partial charge in [-0.25, -0.2) is 4.39 Å². The van der Waals surface area contributed by atoms with Gasteiger partial charge in [0.2, 0.25) is 5.95 Å². The van der Waals surface area contributed by atoms with Crippen molar-refractivity contribution in [1.29, 1.82) is 0 Å². The first-order valence-corrected chi connectivity index (χ1v) is 5.70. The minimum absolute atomic E-state index is 0.00109. The average molecular weight is 302 g/mol. The lowest BCUT2D eigenvalue weighted by Crippen LogP contribution is -2.08. The van der Waals surface area contributed by atoms with Crippen LogP contribution >= 0.6 is 0 Å². The standard InChI is InChI=1S/C12H10F4N4O/c1-17-10-18-9(19-11(20-10)21-2)6-3-4-7(8(13)5-6)12(14,15)16/h3-5H,1-2H3,(H,17,18,19,20). The molecule has 1 aromatic heterocycles. The highest BCUT2D eigenvalue weighted by Crippen LogP contribution is 2.33. The largest absolute Gasteiger partial charge is 0.467 e. The summed E-state index contributed by atoms with van der Waals surface area (Å²) in [5, 5.41) is 2.65. The summed E-state index contributed by atoms with van der Waals surface area (Å²) >= 11 is 0. The second-order valence-electron chi connectivity index (χ2n) is 3.91. The van der Waals surface area contributed by atoms with Gasteiger partial charge in [0.1, 0.15) is 5.82 Å². The first-order chi connectivity index (χ1) is 9.85. The smallest absolute Gasteiger partial charge is 0.419 e. The molecular weight excluding hydrogens is 292 g/mol. The lowest BCUT2D eigenvalue weighted by atomic mass is 10.1. The molecule has 2 rings (SSSR count). The normalized spacial score (nSPS) is 11.3. The van der Waals surface area contributed by atoms with E-state index < -0.39 is 17.6 Å². The third kappa shape index (κ3) is 3.18. The van der Waals surface area contributed by atoms with E-state index in [1.807, 2.05) is 0 Å². The molecular formula is C12H10F4N4O. The Kier molecular flexibility index (Phi) is 3.92. The second-order valence-corrected chi connectivity index (χ2v) is 3.91. The fourth-order valence-corrected chi connectivity index (χ4v) is 1.57. The van der Waals surface area contributed by atoms with E-state index in [4.69, 9.17) is 4.74 Å². The number of hydrogen-bond acceptors (Lipinski definition) is 5. The topological polar surface area (TPSA) is 59.9 Å². The average Bonchev–Trinajstić information content (AvgIpc) is 2.45. The summed E-state index contributed by atoms with van der Waals surface area (Å²) in [5.74, 6) is -1.25. The maximum Gasteiger partial charge on any atom is 0.419 e. The molecule has 1 N–H and O–H groups in total. The Bertz CT molecular complexity index is 638. The van der Waals surface area contributed by atoms with Crippen molar-refractivity contribution in [2.45, 2.75) is 6.18 Å². The van der Waals surface area contributed by atoms with Gasteiger partial charge in [-0.3, -0.25) is 0 Å². The number of nitrogens with zero attached hydrogens (tertiary/aromatic N) is 3. The van der Waals surface area contributed by atoms with Crippen LogP contribution in [0.3, 0.4) is 0 Å². The van der Waals surface area contributed by atoms with Crippen LogP contribution in [0.4, 0.5) is 23.5 Å². The fourth-order valence-electron chi connectivity index (χ4n) is 1.57. The summed E-state index contributed by atoms with van der Waals surface area (Å²) in [6.07, 6.45) is -4.75. The molecule has 5 nitrogen and oxygen atoms in total. The summed E-state index contributed by atoms with van der Waals surface area (Å²) < 4.78 is 55.9. The summed E-state index contributed by atoms with van der Waals surface area (Å²) in [6, 6.07) is 2.40. The van der Waals surface area contributed by atoms with E-state index in [-0.39, 0.29) is 23.3 Å². The number of aromatic nitrogens is 3. The van der Waals surface area contributed by atoms with Crippen molar-refractivity contribution in [3.05, 3.63) is 29.6 Å². The Morgan fingerprint density at radius 3 is 2.38 bits per heavy atom. The van der Waals surface area contributed by atoms with Gasteiger partial charge in [0.05, 0.1) is 12.7 Å². The zero-order valence-corrected chi connectivity index (χ0v) is 11.0. The Morgan fingerprint density at radius 2 is 1.86 bits per heavy atom. The molecule has 0 saturated carbocycles. The zero-order valence-electron chi connectivity index (χ0n) is 11.0. The van der Waals surface area contributed by atoms with Gasteiger partial charge in [0.25, 0.3) is 0 Å². The van der Waals surface area contributed by atoms with Gasteiger partial charge >= 0.3 is 12.2 Å². The van der Waals surface area contributed by atoms with Crippen LogP contribution in [0.25, 0.3) is 11.4 Å². The molecule has 0 radical (unpaired) electrons. The van der Waals surface area contributed by atoms with E-state index in [0.717, 1.165) is 12.1 Å². The number of rotatable bonds is 3. The maximum absolute atomic E-state index is 13.6. The molecule has 0 bridgehead atoms. The van der Waals surface area contributed by atoms with Crippen molar-refractivity contribution in [3.8, 4) is 17.4 Å². The fraction of sp³-hybridized carbons (Fsp3) is 0.250.